The molecule has 2 aliphatic rings. The maximum Gasteiger partial charge on any atom is 0.438 e. The van der Waals surface area contributed by atoms with Crippen molar-refractivity contribution in [2.24, 2.45) is 11.0 Å². The number of hydrogen-bond donors (Lipinski definition) is 1. The highest BCUT2D eigenvalue weighted by Gasteiger charge is 2.66. The van der Waals surface area contributed by atoms with E-state index in [4.69, 9.17) is 5.26 Å². The highest BCUT2D eigenvalue weighted by Crippen LogP contribution is 2.47. The van der Waals surface area contributed by atoms with Crippen molar-refractivity contribution in [3.05, 3.63) is 0 Å². The van der Waals surface area contributed by atoms with E-state index in [2.05, 4.69) is 5.10 Å². The zero-order valence-corrected chi connectivity index (χ0v) is 9.74. The molecule has 0 saturated heterocycles. The molecule has 0 bridgehead atoms. The first-order valence-corrected chi connectivity index (χ1v) is 5.92. The normalized spacial score (nSPS) is 32.5. The molecule has 1 saturated carbocycles. The Labute approximate surface area is 103 Å². The third kappa shape index (κ3) is 1.85. The molecule has 4 nitrogen and oxygen atoms in total. The third-order valence-corrected chi connectivity index (χ3v) is 3.59. The lowest BCUT2D eigenvalue weighted by Gasteiger charge is -2.37. The van der Waals surface area contributed by atoms with Crippen molar-refractivity contribution in [3.63, 3.8) is 0 Å². The lowest BCUT2D eigenvalue weighted by Crippen LogP contribution is -2.59. The number of alkyl halides is 3. The van der Waals surface area contributed by atoms with E-state index in [9.17, 15) is 18.3 Å². The first-order valence-electron chi connectivity index (χ1n) is 5.92. The van der Waals surface area contributed by atoms with Crippen molar-refractivity contribution in [2.75, 3.05) is 6.54 Å². The van der Waals surface area contributed by atoms with E-state index < -0.39 is 24.4 Å². The second-order valence-electron chi connectivity index (χ2n) is 4.68. The van der Waals surface area contributed by atoms with E-state index in [1.54, 1.807) is 6.07 Å². The molecule has 1 heterocycles. The second kappa shape index (κ2) is 4.43. The van der Waals surface area contributed by atoms with Gasteiger partial charge >= 0.3 is 6.18 Å². The lowest BCUT2D eigenvalue weighted by molar-refractivity contribution is -0.321. The molecule has 7 heteroatoms. The van der Waals surface area contributed by atoms with Crippen molar-refractivity contribution in [1.82, 2.24) is 5.01 Å². The summed E-state index contributed by atoms with van der Waals surface area (Å²) in [5.74, 6) is -1.03. The Morgan fingerprint density at radius 3 is 2.78 bits per heavy atom. The Kier molecular flexibility index (Phi) is 3.23. The number of hydrogen-bond acceptors (Lipinski definition) is 4. The van der Waals surface area contributed by atoms with Crippen LogP contribution in [0.5, 0.6) is 0 Å². The molecule has 1 aliphatic carbocycles. The van der Waals surface area contributed by atoms with Crippen LogP contribution in [0.15, 0.2) is 5.10 Å². The van der Waals surface area contributed by atoms with Gasteiger partial charge < -0.3 is 5.11 Å². The standard InChI is InChI=1S/C11H14F3N3O/c12-11(13,14)10(18)8-4-2-1-3-5-9(8)16-17(10)7-6-15/h8,18H,1-5,7H2/t8-,10-/m0/s1. The predicted molar refractivity (Wildman–Crippen MR) is 57.3 cm³/mol. The van der Waals surface area contributed by atoms with E-state index in [0.29, 0.717) is 23.6 Å². The van der Waals surface area contributed by atoms with E-state index >= 15 is 0 Å². The van der Waals surface area contributed by atoms with Crippen LogP contribution in [-0.2, 0) is 0 Å². The van der Waals surface area contributed by atoms with Crippen molar-refractivity contribution in [2.45, 2.75) is 44.0 Å². The van der Waals surface area contributed by atoms with Gasteiger partial charge in [-0.3, -0.25) is 0 Å². The molecule has 0 amide bonds. The van der Waals surface area contributed by atoms with Crippen LogP contribution in [0.4, 0.5) is 13.2 Å². The summed E-state index contributed by atoms with van der Waals surface area (Å²) in [5.41, 5.74) is -2.63. The Hall–Kier alpha value is -1.29. The van der Waals surface area contributed by atoms with Gasteiger partial charge in [-0.15, -0.1) is 0 Å². The first kappa shape index (κ1) is 13.1. The molecule has 1 N–H and O–H groups in total. The quantitative estimate of drug-likeness (QED) is 0.734. The van der Waals surface area contributed by atoms with Crippen LogP contribution in [0, 0.1) is 17.2 Å². The van der Waals surface area contributed by atoms with Gasteiger partial charge in [0, 0.05) is 5.71 Å². The van der Waals surface area contributed by atoms with Gasteiger partial charge in [0.25, 0.3) is 5.72 Å². The molecule has 0 spiro atoms. The minimum Gasteiger partial charge on any atom is -0.362 e. The zero-order chi connectivity index (χ0) is 13.4. The lowest BCUT2D eigenvalue weighted by atomic mass is 9.87. The molecule has 0 radical (unpaired) electrons. The van der Waals surface area contributed by atoms with Crippen molar-refractivity contribution in [1.29, 1.82) is 5.26 Å². The number of fused-ring (bicyclic) bond motifs is 1. The Morgan fingerprint density at radius 2 is 2.17 bits per heavy atom. The van der Waals surface area contributed by atoms with Crippen LogP contribution in [0.3, 0.4) is 0 Å². The Morgan fingerprint density at radius 1 is 1.44 bits per heavy atom. The molecule has 18 heavy (non-hydrogen) atoms. The maximum absolute atomic E-state index is 13.1. The van der Waals surface area contributed by atoms with Crippen LogP contribution in [0.1, 0.15) is 32.1 Å². The van der Waals surface area contributed by atoms with Crippen LogP contribution in [0.25, 0.3) is 0 Å². The smallest absolute Gasteiger partial charge is 0.362 e. The predicted octanol–water partition coefficient (Wildman–Crippen LogP) is 2.01. The number of nitrogens with zero attached hydrogens (tertiary/aromatic N) is 3. The van der Waals surface area contributed by atoms with Gasteiger partial charge in [0.1, 0.15) is 6.54 Å². The number of halogens is 3. The molecule has 1 aliphatic heterocycles. The van der Waals surface area contributed by atoms with Crippen molar-refractivity contribution >= 4 is 5.71 Å². The summed E-state index contributed by atoms with van der Waals surface area (Å²) in [5, 5.41) is 23.0. The average Bonchev–Trinajstić information content (AvgIpc) is 2.47. The Balaban J connectivity index is 2.39. The summed E-state index contributed by atoms with van der Waals surface area (Å²) >= 11 is 0. The molecule has 100 valence electrons. The average molecular weight is 261 g/mol. The number of hydrazone groups is 1. The summed E-state index contributed by atoms with van der Waals surface area (Å²) in [7, 11) is 0. The van der Waals surface area contributed by atoms with Crippen LogP contribution < -0.4 is 0 Å². The number of aliphatic hydroxyl groups is 1. The molecular formula is C11H14F3N3O. The minimum absolute atomic E-state index is 0.261. The van der Waals surface area contributed by atoms with Crippen LogP contribution in [0.2, 0.25) is 0 Å². The fourth-order valence-electron chi connectivity index (χ4n) is 2.70. The van der Waals surface area contributed by atoms with Gasteiger partial charge in [-0.05, 0) is 19.3 Å². The van der Waals surface area contributed by atoms with Gasteiger partial charge in [0.05, 0.1) is 12.0 Å². The van der Waals surface area contributed by atoms with Gasteiger partial charge in [-0.2, -0.15) is 23.5 Å². The maximum atomic E-state index is 13.1. The van der Waals surface area contributed by atoms with E-state index in [0.717, 1.165) is 12.8 Å². The molecule has 2 rings (SSSR count). The molecule has 2 atom stereocenters. The monoisotopic (exact) mass is 261 g/mol. The topological polar surface area (TPSA) is 59.6 Å². The summed E-state index contributed by atoms with van der Waals surface area (Å²) in [6.07, 6.45) is -1.82. The Bertz CT molecular complexity index is 401. The van der Waals surface area contributed by atoms with Gasteiger partial charge in [0.2, 0.25) is 0 Å². The number of rotatable bonds is 1. The highest BCUT2D eigenvalue weighted by molar-refractivity contribution is 5.89. The minimum atomic E-state index is -4.82. The van der Waals surface area contributed by atoms with E-state index in [1.807, 2.05) is 0 Å². The number of nitriles is 1. The molecule has 0 unspecified atom stereocenters. The third-order valence-electron chi connectivity index (χ3n) is 3.59. The summed E-state index contributed by atoms with van der Waals surface area (Å²) in [6, 6.07) is 1.62. The fraction of sp³-hybridized carbons (Fsp3) is 0.818. The second-order valence-corrected chi connectivity index (χ2v) is 4.68. The summed E-state index contributed by atoms with van der Waals surface area (Å²) in [6.45, 7) is -0.560. The molecular weight excluding hydrogens is 247 g/mol. The van der Waals surface area contributed by atoms with Crippen molar-refractivity contribution < 1.29 is 18.3 Å². The largest absolute Gasteiger partial charge is 0.438 e. The summed E-state index contributed by atoms with van der Waals surface area (Å²) < 4.78 is 39.4. The zero-order valence-electron chi connectivity index (χ0n) is 9.74. The van der Waals surface area contributed by atoms with Gasteiger partial charge in [-0.25, -0.2) is 5.01 Å². The van der Waals surface area contributed by atoms with Crippen LogP contribution >= 0.6 is 0 Å². The SMILES string of the molecule is N#CCN1N=C2CCCCC[C@@H]2[C@]1(O)C(F)(F)F. The van der Waals surface area contributed by atoms with E-state index in [-0.39, 0.29) is 6.42 Å². The van der Waals surface area contributed by atoms with Crippen LogP contribution in [-0.4, -0.2) is 34.3 Å². The molecule has 0 aromatic heterocycles. The molecule has 0 aromatic carbocycles. The van der Waals surface area contributed by atoms with Gasteiger partial charge in [-0.1, -0.05) is 12.8 Å². The first-order chi connectivity index (χ1) is 8.41. The fourth-order valence-corrected chi connectivity index (χ4v) is 2.70. The van der Waals surface area contributed by atoms with Crippen molar-refractivity contribution in [3.8, 4) is 6.07 Å². The summed E-state index contributed by atoms with van der Waals surface area (Å²) in [4.78, 5) is 0. The molecule has 0 aromatic rings. The van der Waals surface area contributed by atoms with E-state index in [1.165, 1.54) is 0 Å². The highest BCUT2D eigenvalue weighted by atomic mass is 19.4. The molecule has 1 fully saturated rings. The van der Waals surface area contributed by atoms with Gasteiger partial charge in [0.15, 0.2) is 0 Å².